The van der Waals surface area contributed by atoms with Crippen molar-refractivity contribution in [3.05, 3.63) is 54.1 Å². The van der Waals surface area contributed by atoms with Gasteiger partial charge in [0.15, 0.2) is 5.82 Å². The average molecular weight is 276 g/mol. The van der Waals surface area contributed by atoms with Gasteiger partial charge in [-0.05, 0) is 31.5 Å². The number of rotatable bonds is 3. The lowest BCUT2D eigenvalue weighted by Gasteiger charge is -2.09. The minimum absolute atomic E-state index is 0.664. The first-order valence-corrected chi connectivity index (χ1v) is 6.85. The van der Waals surface area contributed by atoms with Crippen LogP contribution in [0.1, 0.15) is 12.5 Å². The van der Waals surface area contributed by atoms with E-state index in [0.717, 1.165) is 27.9 Å². The standard InChI is InChI=1S/C17H16N4/c1-3-18-21-17-16(13-7-5-4-6-8-13)19-14-10-9-12(2)11-15(14)20-17/h3-11H,1-2H3,(H,20,21)/b18-3+. The van der Waals surface area contributed by atoms with Gasteiger partial charge in [-0.2, -0.15) is 5.10 Å². The van der Waals surface area contributed by atoms with Crippen molar-refractivity contribution >= 4 is 23.1 Å². The Hall–Kier alpha value is -2.75. The molecule has 4 heteroatoms. The molecular weight excluding hydrogens is 260 g/mol. The van der Waals surface area contributed by atoms with Crippen molar-refractivity contribution in [2.75, 3.05) is 5.43 Å². The van der Waals surface area contributed by atoms with E-state index in [1.165, 1.54) is 0 Å². The molecule has 0 atom stereocenters. The highest BCUT2D eigenvalue weighted by Crippen LogP contribution is 2.27. The van der Waals surface area contributed by atoms with Crippen LogP contribution in [0.5, 0.6) is 0 Å². The normalized spacial score (nSPS) is 11.1. The van der Waals surface area contributed by atoms with Gasteiger partial charge in [0.2, 0.25) is 0 Å². The van der Waals surface area contributed by atoms with Gasteiger partial charge < -0.3 is 0 Å². The van der Waals surface area contributed by atoms with Crippen LogP contribution in [-0.2, 0) is 0 Å². The molecule has 0 amide bonds. The van der Waals surface area contributed by atoms with Gasteiger partial charge >= 0.3 is 0 Å². The predicted octanol–water partition coefficient (Wildman–Crippen LogP) is 4.02. The van der Waals surface area contributed by atoms with Crippen molar-refractivity contribution < 1.29 is 0 Å². The van der Waals surface area contributed by atoms with Crippen molar-refractivity contribution in [2.45, 2.75) is 13.8 Å². The average Bonchev–Trinajstić information content (AvgIpc) is 2.52. The fourth-order valence-electron chi connectivity index (χ4n) is 2.17. The van der Waals surface area contributed by atoms with E-state index in [4.69, 9.17) is 4.98 Å². The number of hydrogen-bond donors (Lipinski definition) is 1. The molecule has 0 aliphatic carbocycles. The SMILES string of the molecule is C/C=N/Nc1nc2cc(C)ccc2nc1-c1ccccc1. The summed E-state index contributed by atoms with van der Waals surface area (Å²) < 4.78 is 0. The Morgan fingerprint density at radius 1 is 1.00 bits per heavy atom. The fourth-order valence-corrected chi connectivity index (χ4v) is 2.17. The molecular formula is C17H16N4. The highest BCUT2D eigenvalue weighted by Gasteiger charge is 2.10. The van der Waals surface area contributed by atoms with Crippen LogP contribution in [0.25, 0.3) is 22.3 Å². The smallest absolute Gasteiger partial charge is 0.173 e. The van der Waals surface area contributed by atoms with Crippen molar-refractivity contribution in [1.82, 2.24) is 9.97 Å². The van der Waals surface area contributed by atoms with E-state index >= 15 is 0 Å². The molecule has 0 radical (unpaired) electrons. The van der Waals surface area contributed by atoms with Gasteiger partial charge in [0.05, 0.1) is 11.0 Å². The summed E-state index contributed by atoms with van der Waals surface area (Å²) in [5.41, 5.74) is 7.69. The lowest BCUT2D eigenvalue weighted by atomic mass is 10.1. The number of hydrazone groups is 1. The lowest BCUT2D eigenvalue weighted by molar-refractivity contribution is 1.21. The monoisotopic (exact) mass is 276 g/mol. The Morgan fingerprint density at radius 3 is 2.57 bits per heavy atom. The Labute approximate surface area is 123 Å². The molecule has 1 aromatic heterocycles. The molecule has 4 nitrogen and oxygen atoms in total. The molecule has 1 heterocycles. The Balaban J connectivity index is 2.22. The van der Waals surface area contributed by atoms with Crippen LogP contribution in [0, 0.1) is 6.92 Å². The van der Waals surface area contributed by atoms with Crippen molar-refractivity contribution in [2.24, 2.45) is 5.10 Å². The summed E-state index contributed by atoms with van der Waals surface area (Å²) in [5, 5.41) is 4.08. The number of benzene rings is 2. The predicted molar refractivity (Wildman–Crippen MR) is 87.5 cm³/mol. The van der Waals surface area contributed by atoms with Crippen molar-refractivity contribution in [3.8, 4) is 11.3 Å². The third-order valence-corrected chi connectivity index (χ3v) is 3.17. The van der Waals surface area contributed by atoms with Crippen LogP contribution in [-0.4, -0.2) is 16.2 Å². The van der Waals surface area contributed by atoms with Gasteiger partial charge in [-0.25, -0.2) is 9.97 Å². The molecule has 0 saturated heterocycles. The maximum absolute atomic E-state index is 4.74. The van der Waals surface area contributed by atoms with Crippen molar-refractivity contribution in [3.63, 3.8) is 0 Å². The fraction of sp³-hybridized carbons (Fsp3) is 0.118. The zero-order chi connectivity index (χ0) is 14.7. The summed E-state index contributed by atoms with van der Waals surface area (Å²) in [6, 6.07) is 16.1. The second kappa shape index (κ2) is 5.71. The summed E-state index contributed by atoms with van der Waals surface area (Å²) in [5.74, 6) is 0.664. The largest absolute Gasteiger partial charge is 0.260 e. The van der Waals surface area contributed by atoms with Crippen LogP contribution in [0.4, 0.5) is 5.82 Å². The first kappa shape index (κ1) is 13.2. The van der Waals surface area contributed by atoms with Crippen LogP contribution in [0.2, 0.25) is 0 Å². The second-order valence-corrected chi connectivity index (χ2v) is 4.78. The van der Waals surface area contributed by atoms with E-state index in [-0.39, 0.29) is 0 Å². The Kier molecular flexibility index (Phi) is 3.60. The van der Waals surface area contributed by atoms with Gasteiger partial charge in [0.25, 0.3) is 0 Å². The molecule has 0 spiro atoms. The number of anilines is 1. The first-order valence-electron chi connectivity index (χ1n) is 6.85. The molecule has 0 aliphatic heterocycles. The molecule has 21 heavy (non-hydrogen) atoms. The molecule has 104 valence electrons. The van der Waals surface area contributed by atoms with Crippen LogP contribution < -0.4 is 5.43 Å². The molecule has 0 unspecified atom stereocenters. The number of aromatic nitrogens is 2. The van der Waals surface area contributed by atoms with Gasteiger partial charge in [-0.1, -0.05) is 36.4 Å². The number of nitrogens with zero attached hydrogens (tertiary/aromatic N) is 3. The highest BCUT2D eigenvalue weighted by atomic mass is 15.3. The maximum Gasteiger partial charge on any atom is 0.173 e. The number of nitrogens with one attached hydrogen (secondary N) is 1. The number of hydrogen-bond acceptors (Lipinski definition) is 4. The molecule has 2 aromatic carbocycles. The van der Waals surface area contributed by atoms with E-state index in [0.29, 0.717) is 5.82 Å². The van der Waals surface area contributed by atoms with E-state index in [9.17, 15) is 0 Å². The van der Waals surface area contributed by atoms with Gasteiger partial charge in [0, 0.05) is 11.8 Å². The molecule has 0 bridgehead atoms. The van der Waals surface area contributed by atoms with Crippen LogP contribution in [0.15, 0.2) is 53.6 Å². The van der Waals surface area contributed by atoms with E-state index in [1.54, 1.807) is 6.21 Å². The summed E-state index contributed by atoms with van der Waals surface area (Å²) in [6.45, 7) is 3.90. The second-order valence-electron chi connectivity index (χ2n) is 4.78. The maximum atomic E-state index is 4.74. The molecule has 3 aromatic rings. The number of fused-ring (bicyclic) bond motifs is 1. The van der Waals surface area contributed by atoms with Crippen molar-refractivity contribution in [1.29, 1.82) is 0 Å². The van der Waals surface area contributed by atoms with Gasteiger partial charge in [-0.3, -0.25) is 5.43 Å². The third kappa shape index (κ3) is 2.74. The summed E-state index contributed by atoms with van der Waals surface area (Å²) in [6.07, 6.45) is 1.69. The van der Waals surface area contributed by atoms with Gasteiger partial charge in [0.1, 0.15) is 5.69 Å². The topological polar surface area (TPSA) is 50.2 Å². The van der Waals surface area contributed by atoms with E-state index < -0.39 is 0 Å². The number of aryl methyl sites for hydroxylation is 1. The zero-order valence-electron chi connectivity index (χ0n) is 12.0. The Morgan fingerprint density at radius 2 is 1.81 bits per heavy atom. The summed E-state index contributed by atoms with van der Waals surface area (Å²) >= 11 is 0. The van der Waals surface area contributed by atoms with E-state index in [1.807, 2.05) is 62.4 Å². The zero-order valence-corrected chi connectivity index (χ0v) is 12.0. The molecule has 0 fully saturated rings. The summed E-state index contributed by atoms with van der Waals surface area (Å²) in [4.78, 5) is 9.40. The third-order valence-electron chi connectivity index (χ3n) is 3.17. The van der Waals surface area contributed by atoms with Crippen LogP contribution in [0.3, 0.4) is 0 Å². The molecule has 0 aliphatic rings. The Bertz CT molecular complexity index is 794. The molecule has 0 saturated carbocycles. The van der Waals surface area contributed by atoms with Crippen LogP contribution >= 0.6 is 0 Å². The minimum atomic E-state index is 0.664. The van der Waals surface area contributed by atoms with E-state index in [2.05, 4.69) is 15.5 Å². The highest BCUT2D eigenvalue weighted by molar-refractivity contribution is 5.83. The lowest BCUT2D eigenvalue weighted by Crippen LogP contribution is -1.99. The quantitative estimate of drug-likeness (QED) is 0.580. The minimum Gasteiger partial charge on any atom is -0.260 e. The van der Waals surface area contributed by atoms with Gasteiger partial charge in [-0.15, -0.1) is 0 Å². The molecule has 1 N–H and O–H groups in total. The molecule has 3 rings (SSSR count). The summed E-state index contributed by atoms with van der Waals surface area (Å²) in [7, 11) is 0. The first-order chi connectivity index (χ1) is 10.3.